The topological polar surface area (TPSA) is 52.6 Å². The summed E-state index contributed by atoms with van der Waals surface area (Å²) in [6.07, 6.45) is -3.82. The van der Waals surface area contributed by atoms with Crippen molar-refractivity contribution in [2.45, 2.75) is 12.1 Å². The number of carbonyl (C=O) groups is 2. The summed E-state index contributed by atoms with van der Waals surface area (Å²) in [4.78, 5) is 23.6. The second-order valence-electron chi connectivity index (χ2n) is 4.36. The summed E-state index contributed by atoms with van der Waals surface area (Å²) in [6.45, 7) is 0. The van der Waals surface area contributed by atoms with Gasteiger partial charge in [0.25, 0.3) is 0 Å². The smallest absolute Gasteiger partial charge is 0.409 e. The lowest BCUT2D eigenvalue weighted by atomic mass is 9.85. The number of alkyl halides is 3. The van der Waals surface area contributed by atoms with Crippen molar-refractivity contribution in [3.05, 3.63) is 48.0 Å². The molecule has 0 fully saturated rings. The number of halogens is 3. The van der Waals surface area contributed by atoms with Gasteiger partial charge in [0.05, 0.1) is 14.2 Å². The number of methoxy groups -OCH3 is 2. The van der Waals surface area contributed by atoms with Crippen LogP contribution in [0.15, 0.2) is 42.5 Å². The van der Waals surface area contributed by atoms with Crippen LogP contribution in [-0.4, -0.2) is 32.3 Å². The third kappa shape index (κ3) is 4.91. The molecule has 0 N–H and O–H groups in total. The van der Waals surface area contributed by atoms with E-state index < -0.39 is 30.0 Å². The van der Waals surface area contributed by atoms with Crippen LogP contribution in [-0.2, 0) is 19.1 Å². The monoisotopic (exact) mass is 316 g/mol. The summed E-state index contributed by atoms with van der Waals surface area (Å²) >= 11 is 0. The molecule has 0 aliphatic carbocycles. The van der Waals surface area contributed by atoms with Crippen LogP contribution in [0.2, 0.25) is 0 Å². The normalized spacial score (nSPS) is 13.2. The van der Waals surface area contributed by atoms with Crippen molar-refractivity contribution in [3.63, 3.8) is 0 Å². The number of carbonyl (C=O) groups excluding carboxylic acids is 2. The molecule has 1 rings (SSSR count). The van der Waals surface area contributed by atoms with E-state index in [1.54, 1.807) is 18.2 Å². The van der Waals surface area contributed by atoms with E-state index in [-0.39, 0.29) is 6.08 Å². The number of allylic oxidation sites excluding steroid dienone is 2. The fourth-order valence-electron chi connectivity index (χ4n) is 1.95. The van der Waals surface area contributed by atoms with E-state index in [1.165, 1.54) is 12.1 Å². The van der Waals surface area contributed by atoms with Crippen LogP contribution < -0.4 is 0 Å². The highest BCUT2D eigenvalue weighted by Gasteiger charge is 2.37. The van der Waals surface area contributed by atoms with Crippen molar-refractivity contribution in [2.75, 3.05) is 14.2 Å². The maximum Gasteiger partial charge on any atom is 0.409 e. The third-order valence-electron chi connectivity index (χ3n) is 2.95. The van der Waals surface area contributed by atoms with Gasteiger partial charge in [-0.2, -0.15) is 13.2 Å². The van der Waals surface area contributed by atoms with E-state index in [0.717, 1.165) is 20.3 Å². The second kappa shape index (κ2) is 7.63. The van der Waals surface area contributed by atoms with Crippen molar-refractivity contribution in [2.24, 2.45) is 5.92 Å². The molecule has 0 radical (unpaired) electrons. The Morgan fingerprint density at radius 3 is 1.95 bits per heavy atom. The molecule has 7 heteroatoms. The molecule has 1 aromatic rings. The molecule has 22 heavy (non-hydrogen) atoms. The Labute approximate surface area is 125 Å². The fraction of sp³-hybridized carbons (Fsp3) is 0.333. The summed E-state index contributed by atoms with van der Waals surface area (Å²) in [5, 5.41) is 0. The molecule has 0 heterocycles. The Bertz CT molecular complexity index is 521. The summed E-state index contributed by atoms with van der Waals surface area (Å²) in [6, 6.07) is 7.89. The van der Waals surface area contributed by atoms with Gasteiger partial charge in [-0.25, -0.2) is 0 Å². The third-order valence-corrected chi connectivity index (χ3v) is 2.95. The van der Waals surface area contributed by atoms with Crippen LogP contribution in [0.4, 0.5) is 13.2 Å². The van der Waals surface area contributed by atoms with Gasteiger partial charge in [-0.1, -0.05) is 36.4 Å². The highest BCUT2D eigenvalue weighted by atomic mass is 19.4. The average molecular weight is 316 g/mol. The minimum absolute atomic E-state index is 0.0104. The van der Waals surface area contributed by atoms with Crippen LogP contribution in [0, 0.1) is 5.92 Å². The van der Waals surface area contributed by atoms with Gasteiger partial charge in [-0.05, 0) is 5.56 Å². The summed E-state index contributed by atoms with van der Waals surface area (Å²) < 4.78 is 46.4. The van der Waals surface area contributed by atoms with Gasteiger partial charge in [0.15, 0.2) is 5.92 Å². The Kier molecular flexibility index (Phi) is 6.15. The van der Waals surface area contributed by atoms with E-state index >= 15 is 0 Å². The first-order valence-corrected chi connectivity index (χ1v) is 6.27. The summed E-state index contributed by atoms with van der Waals surface area (Å²) in [5.41, 5.74) is 0.365. The van der Waals surface area contributed by atoms with Crippen LogP contribution in [0.1, 0.15) is 11.5 Å². The molecule has 0 amide bonds. The number of hydrogen-bond donors (Lipinski definition) is 0. The molecule has 0 bridgehead atoms. The largest absolute Gasteiger partial charge is 0.468 e. The lowest BCUT2D eigenvalue weighted by Gasteiger charge is -2.21. The van der Waals surface area contributed by atoms with Gasteiger partial charge >= 0.3 is 18.1 Å². The van der Waals surface area contributed by atoms with Crippen molar-refractivity contribution < 1.29 is 32.2 Å². The standard InChI is InChI=1S/C15H15F3O4/c1-21-13(19)12(14(20)22-2)11(8-9-15(16,17)18)10-6-4-3-5-7-10/h3-9,11-12H,1-2H3/b9-8+/t11-/m0/s1. The van der Waals surface area contributed by atoms with Gasteiger partial charge in [-0.3, -0.25) is 9.59 Å². The molecule has 0 unspecified atom stereocenters. The van der Waals surface area contributed by atoms with Crippen molar-refractivity contribution in [3.8, 4) is 0 Å². The maximum absolute atomic E-state index is 12.4. The Morgan fingerprint density at radius 1 is 1.05 bits per heavy atom. The van der Waals surface area contributed by atoms with Gasteiger partial charge in [0.2, 0.25) is 0 Å². The van der Waals surface area contributed by atoms with E-state index in [2.05, 4.69) is 9.47 Å². The first-order chi connectivity index (χ1) is 10.3. The zero-order valence-corrected chi connectivity index (χ0v) is 12.0. The molecule has 0 aliphatic rings. The molecular weight excluding hydrogens is 301 g/mol. The van der Waals surface area contributed by atoms with Crippen LogP contribution in [0.25, 0.3) is 0 Å². The molecule has 0 saturated carbocycles. The molecule has 0 aromatic heterocycles. The first kappa shape index (κ1) is 17.7. The predicted octanol–water partition coefficient (Wildman–Crippen LogP) is 2.85. The van der Waals surface area contributed by atoms with E-state index in [0.29, 0.717) is 5.56 Å². The van der Waals surface area contributed by atoms with Crippen LogP contribution >= 0.6 is 0 Å². The highest BCUT2D eigenvalue weighted by molar-refractivity contribution is 5.96. The number of benzene rings is 1. The van der Waals surface area contributed by atoms with Gasteiger partial charge in [0.1, 0.15) is 0 Å². The molecule has 0 spiro atoms. The SMILES string of the molecule is COC(=O)C(C(=O)OC)[C@@H](/C=C/C(F)(F)F)c1ccccc1. The molecule has 120 valence electrons. The second-order valence-corrected chi connectivity index (χ2v) is 4.36. The lowest BCUT2D eigenvalue weighted by molar-refractivity contribution is -0.159. The molecule has 1 atom stereocenters. The summed E-state index contributed by atoms with van der Waals surface area (Å²) in [5.74, 6) is -4.60. The maximum atomic E-state index is 12.4. The molecule has 0 aliphatic heterocycles. The Balaban J connectivity index is 3.30. The van der Waals surface area contributed by atoms with E-state index in [1.807, 2.05) is 0 Å². The predicted molar refractivity (Wildman–Crippen MR) is 71.9 cm³/mol. The van der Waals surface area contributed by atoms with Gasteiger partial charge < -0.3 is 9.47 Å². The molecule has 0 saturated heterocycles. The van der Waals surface area contributed by atoms with Crippen molar-refractivity contribution >= 4 is 11.9 Å². The lowest BCUT2D eigenvalue weighted by Crippen LogP contribution is -2.31. The number of rotatable bonds is 5. The summed E-state index contributed by atoms with van der Waals surface area (Å²) in [7, 11) is 2.10. The quantitative estimate of drug-likeness (QED) is 0.476. The van der Waals surface area contributed by atoms with Crippen molar-refractivity contribution in [1.82, 2.24) is 0 Å². The van der Waals surface area contributed by atoms with Gasteiger partial charge in [0, 0.05) is 12.0 Å². The number of esters is 2. The Morgan fingerprint density at radius 2 is 1.55 bits per heavy atom. The number of hydrogen-bond acceptors (Lipinski definition) is 4. The zero-order valence-electron chi connectivity index (χ0n) is 12.0. The van der Waals surface area contributed by atoms with Crippen molar-refractivity contribution in [1.29, 1.82) is 0 Å². The fourth-order valence-corrected chi connectivity index (χ4v) is 1.95. The molecular formula is C15H15F3O4. The van der Waals surface area contributed by atoms with E-state index in [4.69, 9.17) is 0 Å². The first-order valence-electron chi connectivity index (χ1n) is 6.27. The zero-order chi connectivity index (χ0) is 16.8. The van der Waals surface area contributed by atoms with Crippen LogP contribution in [0.3, 0.4) is 0 Å². The minimum atomic E-state index is -4.57. The minimum Gasteiger partial charge on any atom is -0.468 e. The average Bonchev–Trinajstić information content (AvgIpc) is 2.50. The van der Waals surface area contributed by atoms with Crippen LogP contribution in [0.5, 0.6) is 0 Å². The Hall–Kier alpha value is -2.31. The number of ether oxygens (including phenoxy) is 2. The van der Waals surface area contributed by atoms with E-state index in [9.17, 15) is 22.8 Å². The molecule has 1 aromatic carbocycles. The van der Waals surface area contributed by atoms with Gasteiger partial charge in [-0.15, -0.1) is 0 Å². The highest BCUT2D eigenvalue weighted by Crippen LogP contribution is 2.30. The molecule has 4 nitrogen and oxygen atoms in total.